The smallest absolute Gasteiger partial charge is 0.329 e. The predicted molar refractivity (Wildman–Crippen MR) is 120 cm³/mol. The summed E-state index contributed by atoms with van der Waals surface area (Å²) in [5.41, 5.74) is 3.18. The number of hydrogen-bond donors (Lipinski definition) is 0. The van der Waals surface area contributed by atoms with Gasteiger partial charge in [-0.1, -0.05) is 42.5 Å². The highest BCUT2D eigenvalue weighted by Gasteiger charge is 2.31. The molecule has 6 heteroatoms. The topological polar surface area (TPSA) is 79.1 Å². The molecule has 0 N–H and O–H groups in total. The number of rotatable bonds is 6. The molecule has 1 atom stereocenters. The maximum absolute atomic E-state index is 12.5. The lowest BCUT2D eigenvalue weighted by Crippen LogP contribution is -2.36. The molecule has 1 aliphatic heterocycles. The molecular formula is C25H26N4O2. The molecule has 1 aliphatic rings. The normalized spacial score (nSPS) is 15.4. The number of aromatic nitrogens is 2. The van der Waals surface area contributed by atoms with Gasteiger partial charge in [0.2, 0.25) is 0 Å². The lowest BCUT2D eigenvalue weighted by molar-refractivity contribution is -0.143. The number of fused-ring (bicyclic) bond motifs is 1. The number of anilines is 1. The number of nitriles is 1. The third kappa shape index (κ3) is 4.66. The zero-order valence-corrected chi connectivity index (χ0v) is 17.7. The van der Waals surface area contributed by atoms with Gasteiger partial charge in [0.1, 0.15) is 5.69 Å². The summed E-state index contributed by atoms with van der Waals surface area (Å²) in [6, 6.07) is 20.2. The molecule has 0 bridgehead atoms. The van der Waals surface area contributed by atoms with Crippen molar-refractivity contribution in [3.63, 3.8) is 0 Å². The van der Waals surface area contributed by atoms with Crippen molar-refractivity contribution in [2.75, 3.05) is 24.6 Å². The largest absolute Gasteiger partial charge is 0.465 e. The van der Waals surface area contributed by atoms with Crippen LogP contribution in [0.4, 0.5) is 5.82 Å². The monoisotopic (exact) mass is 414 g/mol. The second-order valence-corrected chi connectivity index (χ2v) is 7.86. The number of benzene rings is 2. The average Bonchev–Trinajstić information content (AvgIpc) is 2.80. The molecule has 0 aliphatic carbocycles. The molecule has 0 amide bonds. The third-order valence-corrected chi connectivity index (χ3v) is 5.78. The number of piperidine rings is 1. The Morgan fingerprint density at radius 1 is 1.10 bits per heavy atom. The van der Waals surface area contributed by atoms with E-state index in [4.69, 9.17) is 9.72 Å². The maximum atomic E-state index is 12.5. The molecule has 158 valence electrons. The quantitative estimate of drug-likeness (QED) is 0.561. The second kappa shape index (κ2) is 9.57. The van der Waals surface area contributed by atoms with Crippen LogP contribution in [0.3, 0.4) is 0 Å². The fourth-order valence-electron chi connectivity index (χ4n) is 4.18. The van der Waals surface area contributed by atoms with E-state index in [0.717, 1.165) is 37.9 Å². The Kier molecular flexibility index (Phi) is 6.42. The summed E-state index contributed by atoms with van der Waals surface area (Å²) < 4.78 is 5.14. The van der Waals surface area contributed by atoms with Crippen molar-refractivity contribution in [3.05, 3.63) is 65.9 Å². The predicted octanol–water partition coefficient (Wildman–Crippen LogP) is 4.26. The molecule has 31 heavy (non-hydrogen) atoms. The summed E-state index contributed by atoms with van der Waals surface area (Å²) >= 11 is 0. The Labute approximate surface area is 182 Å². The van der Waals surface area contributed by atoms with Crippen molar-refractivity contribution in [1.82, 2.24) is 9.97 Å². The molecule has 1 unspecified atom stereocenters. The van der Waals surface area contributed by atoms with E-state index in [0.29, 0.717) is 22.9 Å². The minimum absolute atomic E-state index is 0.220. The Hall–Kier alpha value is -3.46. The van der Waals surface area contributed by atoms with Gasteiger partial charge in [-0.2, -0.15) is 5.26 Å². The summed E-state index contributed by atoms with van der Waals surface area (Å²) in [5.74, 6) is -0.437. The van der Waals surface area contributed by atoms with Gasteiger partial charge >= 0.3 is 5.97 Å². The van der Waals surface area contributed by atoms with Crippen molar-refractivity contribution in [3.8, 4) is 6.07 Å². The highest BCUT2D eigenvalue weighted by atomic mass is 16.5. The lowest BCUT2D eigenvalue weighted by Gasteiger charge is -2.34. The van der Waals surface area contributed by atoms with Gasteiger partial charge in [-0.3, -0.25) is 4.79 Å². The maximum Gasteiger partial charge on any atom is 0.329 e. The van der Waals surface area contributed by atoms with E-state index in [9.17, 15) is 10.1 Å². The van der Waals surface area contributed by atoms with Gasteiger partial charge < -0.3 is 9.64 Å². The Balaban J connectivity index is 1.60. The lowest BCUT2D eigenvalue weighted by atomic mass is 9.90. The molecule has 0 saturated carbocycles. The number of para-hydroxylation sites is 2. The van der Waals surface area contributed by atoms with Crippen LogP contribution in [-0.2, 0) is 16.0 Å². The van der Waals surface area contributed by atoms with Gasteiger partial charge in [-0.05, 0) is 49.8 Å². The zero-order chi connectivity index (χ0) is 21.6. The van der Waals surface area contributed by atoms with Crippen LogP contribution in [0, 0.1) is 17.2 Å². The van der Waals surface area contributed by atoms with Crippen LogP contribution in [0.1, 0.15) is 36.9 Å². The van der Waals surface area contributed by atoms with Crippen molar-refractivity contribution in [2.45, 2.75) is 32.1 Å². The fraction of sp³-hybridized carbons (Fsp3) is 0.360. The number of ether oxygens (including phenoxy) is 1. The minimum atomic E-state index is -1.09. The number of esters is 1. The standard InChI is InChI=1S/C25H26N4O2/c1-2-31-25(30)20(17-26)23-24(28-22-11-7-6-10-21(22)27-23)29-14-12-19(13-15-29)16-18-8-4-3-5-9-18/h3-11,19-20H,2,12-16H2,1H3. The van der Waals surface area contributed by atoms with Gasteiger partial charge in [0.15, 0.2) is 11.7 Å². The summed E-state index contributed by atoms with van der Waals surface area (Å²) in [6.07, 6.45) is 3.12. The third-order valence-electron chi connectivity index (χ3n) is 5.78. The van der Waals surface area contributed by atoms with Crippen LogP contribution in [-0.4, -0.2) is 35.6 Å². The molecule has 3 aromatic rings. The Bertz CT molecular complexity index is 1090. The fourth-order valence-corrected chi connectivity index (χ4v) is 4.18. The molecule has 6 nitrogen and oxygen atoms in total. The molecule has 1 aromatic heterocycles. The van der Waals surface area contributed by atoms with Gasteiger partial charge in [-0.15, -0.1) is 0 Å². The van der Waals surface area contributed by atoms with Gasteiger partial charge in [0.25, 0.3) is 0 Å². The molecule has 4 rings (SSSR count). The summed E-state index contributed by atoms with van der Waals surface area (Å²) in [7, 11) is 0. The van der Waals surface area contributed by atoms with Crippen LogP contribution in [0.15, 0.2) is 54.6 Å². The summed E-state index contributed by atoms with van der Waals surface area (Å²) in [5, 5.41) is 9.74. The van der Waals surface area contributed by atoms with E-state index in [2.05, 4.69) is 40.2 Å². The van der Waals surface area contributed by atoms with Crippen LogP contribution in [0.5, 0.6) is 0 Å². The van der Waals surface area contributed by atoms with Crippen molar-refractivity contribution >= 4 is 22.8 Å². The van der Waals surface area contributed by atoms with E-state index in [1.165, 1.54) is 5.56 Å². The molecule has 1 fully saturated rings. The zero-order valence-electron chi connectivity index (χ0n) is 17.7. The highest BCUT2D eigenvalue weighted by molar-refractivity contribution is 5.85. The van der Waals surface area contributed by atoms with Gasteiger partial charge in [0.05, 0.1) is 23.7 Å². The van der Waals surface area contributed by atoms with Crippen LogP contribution >= 0.6 is 0 Å². The molecule has 2 aromatic carbocycles. The van der Waals surface area contributed by atoms with Crippen LogP contribution in [0.2, 0.25) is 0 Å². The number of carbonyl (C=O) groups is 1. The number of nitrogens with zero attached hydrogens (tertiary/aromatic N) is 4. The summed E-state index contributed by atoms with van der Waals surface area (Å²) in [4.78, 5) is 24.1. The SMILES string of the molecule is CCOC(=O)C(C#N)c1nc2ccccc2nc1N1CCC(Cc2ccccc2)CC1. The highest BCUT2D eigenvalue weighted by Crippen LogP contribution is 2.31. The first-order valence-electron chi connectivity index (χ1n) is 10.8. The van der Waals surface area contributed by atoms with Crippen LogP contribution < -0.4 is 4.90 Å². The van der Waals surface area contributed by atoms with Crippen molar-refractivity contribution < 1.29 is 9.53 Å². The second-order valence-electron chi connectivity index (χ2n) is 7.86. The Morgan fingerprint density at radius 2 is 1.74 bits per heavy atom. The molecular weight excluding hydrogens is 388 g/mol. The molecule has 1 saturated heterocycles. The first-order valence-corrected chi connectivity index (χ1v) is 10.8. The van der Waals surface area contributed by atoms with Crippen molar-refractivity contribution in [1.29, 1.82) is 5.26 Å². The van der Waals surface area contributed by atoms with E-state index < -0.39 is 11.9 Å². The van der Waals surface area contributed by atoms with Gasteiger partial charge in [0, 0.05) is 13.1 Å². The molecule has 0 radical (unpaired) electrons. The first-order chi connectivity index (χ1) is 15.2. The van der Waals surface area contributed by atoms with Crippen molar-refractivity contribution in [2.24, 2.45) is 5.92 Å². The van der Waals surface area contributed by atoms with E-state index in [1.54, 1.807) is 6.92 Å². The first kappa shape index (κ1) is 20.8. The van der Waals surface area contributed by atoms with Crippen LogP contribution in [0.25, 0.3) is 11.0 Å². The van der Waals surface area contributed by atoms with E-state index in [-0.39, 0.29) is 6.61 Å². The summed E-state index contributed by atoms with van der Waals surface area (Å²) in [6.45, 7) is 3.59. The Morgan fingerprint density at radius 3 is 2.39 bits per heavy atom. The average molecular weight is 415 g/mol. The van der Waals surface area contributed by atoms with E-state index in [1.807, 2.05) is 30.3 Å². The number of carbonyl (C=O) groups excluding carboxylic acids is 1. The minimum Gasteiger partial charge on any atom is -0.465 e. The number of hydrogen-bond acceptors (Lipinski definition) is 6. The molecule has 2 heterocycles. The molecule has 0 spiro atoms. The van der Waals surface area contributed by atoms with E-state index >= 15 is 0 Å². The van der Waals surface area contributed by atoms with Gasteiger partial charge in [-0.25, -0.2) is 9.97 Å².